The van der Waals surface area contributed by atoms with Crippen LogP contribution in [0.4, 0.5) is 0 Å². The third kappa shape index (κ3) is 4.19. The van der Waals surface area contributed by atoms with Gasteiger partial charge in [0.2, 0.25) is 0 Å². The Kier molecular flexibility index (Phi) is 5.18. The van der Waals surface area contributed by atoms with E-state index in [0.717, 1.165) is 37.3 Å². The molecule has 5 nitrogen and oxygen atoms in total. The lowest BCUT2D eigenvalue weighted by molar-refractivity contribution is 0.0383. The van der Waals surface area contributed by atoms with E-state index < -0.39 is 0 Å². The Morgan fingerprint density at radius 3 is 2.89 bits per heavy atom. The SMILES string of the molecule is O=C(NCCN1CCOCC1)c1cc(Br)ccc1O. The van der Waals surface area contributed by atoms with Gasteiger partial charge in [-0.15, -0.1) is 0 Å². The van der Waals surface area contributed by atoms with Gasteiger partial charge < -0.3 is 15.2 Å². The lowest BCUT2D eigenvalue weighted by Gasteiger charge is -2.26. The largest absolute Gasteiger partial charge is 0.507 e. The Bertz CT molecular complexity index is 448. The summed E-state index contributed by atoms with van der Waals surface area (Å²) in [4.78, 5) is 14.2. The predicted octanol–water partition coefficient (Wildman–Crippen LogP) is 1.22. The molecule has 0 aliphatic carbocycles. The number of phenolic OH excluding ortho intramolecular Hbond substituents is 1. The van der Waals surface area contributed by atoms with Gasteiger partial charge in [-0.1, -0.05) is 15.9 Å². The van der Waals surface area contributed by atoms with Crippen molar-refractivity contribution in [2.45, 2.75) is 0 Å². The zero-order chi connectivity index (χ0) is 13.7. The number of nitrogens with zero attached hydrogens (tertiary/aromatic N) is 1. The highest BCUT2D eigenvalue weighted by molar-refractivity contribution is 9.10. The maximum absolute atomic E-state index is 11.9. The molecule has 19 heavy (non-hydrogen) atoms. The van der Waals surface area contributed by atoms with Crippen molar-refractivity contribution in [3.8, 4) is 5.75 Å². The van der Waals surface area contributed by atoms with Gasteiger partial charge in [0.25, 0.3) is 5.91 Å². The molecule has 1 amide bonds. The smallest absolute Gasteiger partial charge is 0.255 e. The number of hydrogen-bond donors (Lipinski definition) is 2. The summed E-state index contributed by atoms with van der Waals surface area (Å²) in [5.41, 5.74) is 0.288. The van der Waals surface area contributed by atoms with Crippen molar-refractivity contribution in [1.82, 2.24) is 10.2 Å². The number of phenols is 1. The number of aromatic hydroxyl groups is 1. The zero-order valence-corrected chi connectivity index (χ0v) is 12.1. The summed E-state index contributed by atoms with van der Waals surface area (Å²) in [6.07, 6.45) is 0. The first-order chi connectivity index (χ1) is 9.16. The fraction of sp³-hybridized carbons (Fsp3) is 0.462. The summed E-state index contributed by atoms with van der Waals surface area (Å²) in [5, 5.41) is 12.5. The third-order valence-corrected chi connectivity index (χ3v) is 3.51. The highest BCUT2D eigenvalue weighted by Gasteiger charge is 2.13. The summed E-state index contributed by atoms with van der Waals surface area (Å²) >= 11 is 3.28. The van der Waals surface area contributed by atoms with Crippen LogP contribution in [0.15, 0.2) is 22.7 Å². The first kappa shape index (κ1) is 14.3. The van der Waals surface area contributed by atoms with E-state index >= 15 is 0 Å². The number of ether oxygens (including phenoxy) is 1. The number of carbonyl (C=O) groups excluding carboxylic acids is 1. The molecular weight excluding hydrogens is 312 g/mol. The van der Waals surface area contributed by atoms with Crippen molar-refractivity contribution >= 4 is 21.8 Å². The number of carbonyl (C=O) groups is 1. The molecular formula is C13H17BrN2O3. The van der Waals surface area contributed by atoms with Crippen LogP contribution in [0.2, 0.25) is 0 Å². The van der Waals surface area contributed by atoms with Crippen LogP contribution < -0.4 is 5.32 Å². The first-order valence-electron chi connectivity index (χ1n) is 6.23. The molecule has 0 saturated carbocycles. The molecule has 0 unspecified atom stereocenters. The molecule has 0 aromatic heterocycles. The van der Waals surface area contributed by atoms with E-state index in [1.54, 1.807) is 12.1 Å². The Hall–Kier alpha value is -1.11. The summed E-state index contributed by atoms with van der Waals surface area (Å²) < 4.78 is 6.03. The van der Waals surface area contributed by atoms with Crippen LogP contribution in [0.1, 0.15) is 10.4 Å². The molecule has 0 radical (unpaired) electrons. The fourth-order valence-electron chi connectivity index (χ4n) is 1.94. The Labute approximate surface area is 120 Å². The monoisotopic (exact) mass is 328 g/mol. The van der Waals surface area contributed by atoms with Gasteiger partial charge in [0.15, 0.2) is 0 Å². The second-order valence-corrected chi connectivity index (χ2v) is 5.29. The van der Waals surface area contributed by atoms with Crippen molar-refractivity contribution in [2.75, 3.05) is 39.4 Å². The number of halogens is 1. The molecule has 1 aliphatic rings. The Morgan fingerprint density at radius 1 is 1.42 bits per heavy atom. The van der Waals surface area contributed by atoms with Gasteiger partial charge in [-0.3, -0.25) is 9.69 Å². The number of rotatable bonds is 4. The molecule has 1 aromatic rings. The maximum Gasteiger partial charge on any atom is 0.255 e. The molecule has 1 aliphatic heterocycles. The molecule has 104 valence electrons. The molecule has 0 bridgehead atoms. The van der Waals surface area contributed by atoms with Crippen molar-refractivity contribution < 1.29 is 14.6 Å². The first-order valence-corrected chi connectivity index (χ1v) is 7.03. The highest BCUT2D eigenvalue weighted by Crippen LogP contribution is 2.21. The van der Waals surface area contributed by atoms with E-state index in [1.807, 2.05) is 0 Å². The number of nitrogens with one attached hydrogen (secondary N) is 1. The maximum atomic E-state index is 11.9. The van der Waals surface area contributed by atoms with Crippen LogP contribution in [0.5, 0.6) is 5.75 Å². The molecule has 1 fully saturated rings. The Morgan fingerprint density at radius 2 is 2.16 bits per heavy atom. The van der Waals surface area contributed by atoms with Gasteiger partial charge in [-0.05, 0) is 18.2 Å². The number of morpholine rings is 1. The van der Waals surface area contributed by atoms with Crippen molar-refractivity contribution in [1.29, 1.82) is 0 Å². The van der Waals surface area contributed by atoms with Crippen LogP contribution in [0.3, 0.4) is 0 Å². The van der Waals surface area contributed by atoms with E-state index in [9.17, 15) is 9.90 Å². The minimum absolute atomic E-state index is 0.00734. The van der Waals surface area contributed by atoms with Crippen LogP contribution >= 0.6 is 15.9 Å². The van der Waals surface area contributed by atoms with Crippen LogP contribution in [-0.4, -0.2) is 55.3 Å². The number of hydrogen-bond acceptors (Lipinski definition) is 4. The average molecular weight is 329 g/mol. The quantitative estimate of drug-likeness (QED) is 0.872. The molecule has 0 spiro atoms. The summed E-state index contributed by atoms with van der Waals surface area (Å²) in [6, 6.07) is 4.81. The molecule has 1 saturated heterocycles. The highest BCUT2D eigenvalue weighted by atomic mass is 79.9. The average Bonchev–Trinajstić information content (AvgIpc) is 2.42. The van der Waals surface area contributed by atoms with E-state index in [4.69, 9.17) is 4.74 Å². The second-order valence-electron chi connectivity index (χ2n) is 4.37. The van der Waals surface area contributed by atoms with Gasteiger partial charge >= 0.3 is 0 Å². The summed E-state index contributed by atoms with van der Waals surface area (Å²) in [7, 11) is 0. The second kappa shape index (κ2) is 6.88. The zero-order valence-electron chi connectivity index (χ0n) is 10.6. The van der Waals surface area contributed by atoms with Crippen LogP contribution in [-0.2, 0) is 4.74 Å². The predicted molar refractivity (Wildman–Crippen MR) is 75.4 cm³/mol. The van der Waals surface area contributed by atoms with Crippen molar-refractivity contribution in [2.24, 2.45) is 0 Å². The van der Waals surface area contributed by atoms with Crippen LogP contribution in [0, 0.1) is 0 Å². The van der Waals surface area contributed by atoms with E-state index in [2.05, 4.69) is 26.1 Å². The van der Waals surface area contributed by atoms with Gasteiger partial charge in [-0.2, -0.15) is 0 Å². The molecule has 0 atom stereocenters. The van der Waals surface area contributed by atoms with Gasteiger partial charge in [0.05, 0.1) is 18.8 Å². The lowest BCUT2D eigenvalue weighted by atomic mass is 10.2. The lowest BCUT2D eigenvalue weighted by Crippen LogP contribution is -2.41. The number of amides is 1. The normalized spacial score (nSPS) is 16.3. The molecule has 1 aromatic carbocycles. The van der Waals surface area contributed by atoms with Crippen molar-refractivity contribution in [3.05, 3.63) is 28.2 Å². The molecule has 6 heteroatoms. The van der Waals surface area contributed by atoms with Gasteiger partial charge in [-0.25, -0.2) is 0 Å². The van der Waals surface area contributed by atoms with E-state index in [0.29, 0.717) is 6.54 Å². The van der Waals surface area contributed by atoms with Crippen LogP contribution in [0.25, 0.3) is 0 Å². The molecule has 2 N–H and O–H groups in total. The summed E-state index contributed by atoms with van der Waals surface area (Å²) in [5.74, 6) is -0.265. The standard InChI is InChI=1S/C13H17BrN2O3/c14-10-1-2-12(17)11(9-10)13(18)15-3-4-16-5-7-19-8-6-16/h1-2,9,17H,3-8H2,(H,15,18). The van der Waals surface area contributed by atoms with E-state index in [1.165, 1.54) is 6.07 Å². The van der Waals surface area contributed by atoms with Crippen molar-refractivity contribution in [3.63, 3.8) is 0 Å². The summed E-state index contributed by atoms with van der Waals surface area (Å²) in [6.45, 7) is 4.66. The van der Waals surface area contributed by atoms with E-state index in [-0.39, 0.29) is 17.2 Å². The van der Waals surface area contributed by atoms with Gasteiger partial charge in [0.1, 0.15) is 5.75 Å². The number of benzene rings is 1. The Balaban J connectivity index is 1.82. The van der Waals surface area contributed by atoms with Gasteiger partial charge in [0, 0.05) is 30.7 Å². The molecule has 2 rings (SSSR count). The topological polar surface area (TPSA) is 61.8 Å². The molecule has 1 heterocycles. The minimum Gasteiger partial charge on any atom is -0.507 e. The minimum atomic E-state index is -0.257. The fourth-order valence-corrected chi connectivity index (χ4v) is 2.30. The third-order valence-electron chi connectivity index (χ3n) is 3.02.